The summed E-state index contributed by atoms with van der Waals surface area (Å²) in [5.41, 5.74) is 18.4. The van der Waals surface area contributed by atoms with Crippen molar-refractivity contribution >= 4 is 64.6 Å². The summed E-state index contributed by atoms with van der Waals surface area (Å²) in [7, 11) is 0. The smallest absolute Gasteiger partial charge is 0.0159 e. The molecule has 2 aliphatic carbocycles. The van der Waals surface area contributed by atoms with Gasteiger partial charge in [-0.3, -0.25) is 0 Å². The topological polar surface area (TPSA) is 0 Å². The summed E-state index contributed by atoms with van der Waals surface area (Å²) >= 11 is 0. The molecule has 0 aliphatic heterocycles. The van der Waals surface area contributed by atoms with Crippen LogP contribution in [0.1, 0.15) is 49.9 Å². The molecule has 0 radical (unpaired) electrons. The maximum absolute atomic E-state index is 2.50. The van der Waals surface area contributed by atoms with Crippen LogP contribution in [0, 0.1) is 0 Å². The summed E-state index contributed by atoms with van der Waals surface area (Å²) < 4.78 is 0. The van der Waals surface area contributed by atoms with Crippen LogP contribution in [0.5, 0.6) is 0 Å². The van der Waals surface area contributed by atoms with Crippen molar-refractivity contribution in [3.8, 4) is 55.6 Å². The van der Waals surface area contributed by atoms with E-state index in [-0.39, 0.29) is 10.8 Å². The molecule has 0 heterocycles. The Kier molecular flexibility index (Phi) is 7.06. The number of hydrogen-bond acceptors (Lipinski definition) is 0. The van der Waals surface area contributed by atoms with Gasteiger partial charge in [0.05, 0.1) is 0 Å². The minimum absolute atomic E-state index is 0.0706. The average Bonchev–Trinajstić information content (AvgIpc) is 3.71. The molecule has 0 spiro atoms. The van der Waals surface area contributed by atoms with Crippen molar-refractivity contribution in [3.63, 3.8) is 0 Å². The number of rotatable bonds is 3. The van der Waals surface area contributed by atoms with Crippen LogP contribution in [0.25, 0.3) is 120 Å². The molecule has 64 heavy (non-hydrogen) atoms. The van der Waals surface area contributed by atoms with Gasteiger partial charge in [0, 0.05) is 10.8 Å². The third kappa shape index (κ3) is 4.68. The molecule has 0 saturated carbocycles. The zero-order valence-electron chi connectivity index (χ0n) is 36.5. The maximum atomic E-state index is 2.50. The van der Waals surface area contributed by atoms with Gasteiger partial charge in [0.25, 0.3) is 0 Å². The van der Waals surface area contributed by atoms with E-state index < -0.39 is 0 Å². The quantitative estimate of drug-likeness (QED) is 0.156. The highest BCUT2D eigenvalue weighted by atomic mass is 14.4. The third-order valence-electron chi connectivity index (χ3n) is 15.6. The molecule has 0 amide bonds. The van der Waals surface area contributed by atoms with Crippen LogP contribution < -0.4 is 0 Å². The van der Waals surface area contributed by atoms with Gasteiger partial charge >= 0.3 is 0 Å². The lowest BCUT2D eigenvalue weighted by molar-refractivity contribution is 0.660. The molecular formula is C64H44. The molecule has 0 nitrogen and oxygen atoms in total. The Morgan fingerprint density at radius 1 is 0.234 bits per heavy atom. The second-order valence-corrected chi connectivity index (χ2v) is 19.5. The lowest BCUT2D eigenvalue weighted by Crippen LogP contribution is -2.14. The van der Waals surface area contributed by atoms with Gasteiger partial charge in [-0.15, -0.1) is 0 Å². The molecule has 14 rings (SSSR count). The van der Waals surface area contributed by atoms with Crippen molar-refractivity contribution in [1.82, 2.24) is 0 Å². The predicted octanol–water partition coefficient (Wildman–Crippen LogP) is 17.7. The van der Waals surface area contributed by atoms with Gasteiger partial charge in [0.2, 0.25) is 0 Å². The van der Waals surface area contributed by atoms with Crippen LogP contribution in [-0.2, 0) is 10.8 Å². The van der Waals surface area contributed by atoms with E-state index in [0.717, 1.165) is 0 Å². The largest absolute Gasteiger partial charge is 0.0619 e. The van der Waals surface area contributed by atoms with Crippen molar-refractivity contribution in [2.45, 2.75) is 38.5 Å². The van der Waals surface area contributed by atoms with Gasteiger partial charge < -0.3 is 0 Å². The van der Waals surface area contributed by atoms with Crippen LogP contribution in [0.15, 0.2) is 194 Å². The average molecular weight is 813 g/mol. The van der Waals surface area contributed by atoms with E-state index in [9.17, 15) is 0 Å². The van der Waals surface area contributed by atoms with Crippen molar-refractivity contribution in [1.29, 1.82) is 0 Å². The molecule has 0 bridgehead atoms. The van der Waals surface area contributed by atoms with Crippen LogP contribution in [-0.4, -0.2) is 0 Å². The van der Waals surface area contributed by atoms with Crippen LogP contribution in [0.2, 0.25) is 0 Å². The summed E-state index contributed by atoms with van der Waals surface area (Å²) in [6.45, 7) is 9.54. The first kappa shape index (κ1) is 36.0. The van der Waals surface area contributed by atoms with Crippen molar-refractivity contribution in [2.75, 3.05) is 0 Å². The van der Waals surface area contributed by atoms with E-state index in [4.69, 9.17) is 0 Å². The van der Waals surface area contributed by atoms with Crippen LogP contribution in [0.3, 0.4) is 0 Å². The van der Waals surface area contributed by atoms with Gasteiger partial charge in [-0.1, -0.05) is 198 Å². The molecule has 2 aliphatic rings. The van der Waals surface area contributed by atoms with Gasteiger partial charge in [-0.25, -0.2) is 0 Å². The van der Waals surface area contributed by atoms with E-state index in [0.29, 0.717) is 0 Å². The minimum atomic E-state index is -0.0998. The van der Waals surface area contributed by atoms with Crippen LogP contribution in [0.4, 0.5) is 0 Å². The lowest BCUT2D eigenvalue weighted by atomic mass is 9.80. The Labute approximate surface area is 373 Å². The first-order chi connectivity index (χ1) is 31.3. The van der Waals surface area contributed by atoms with E-state index in [1.165, 1.54) is 143 Å². The number of fused-ring (bicyclic) bond motifs is 12. The van der Waals surface area contributed by atoms with E-state index >= 15 is 0 Å². The molecule has 0 heteroatoms. The third-order valence-corrected chi connectivity index (χ3v) is 15.6. The Bertz CT molecular complexity index is 3970. The summed E-state index contributed by atoms with van der Waals surface area (Å²) in [6.07, 6.45) is 0. The summed E-state index contributed by atoms with van der Waals surface area (Å²) in [6, 6.07) is 74.2. The Balaban J connectivity index is 1.05. The molecule has 12 aromatic rings. The molecule has 0 N–H and O–H groups in total. The van der Waals surface area contributed by atoms with Gasteiger partial charge in [-0.05, 0) is 167 Å². The van der Waals surface area contributed by atoms with Crippen molar-refractivity contribution in [3.05, 3.63) is 216 Å². The van der Waals surface area contributed by atoms with E-state index in [2.05, 4.69) is 222 Å². The summed E-state index contributed by atoms with van der Waals surface area (Å²) in [5, 5.41) is 15.6. The normalized spacial score (nSPS) is 14.5. The minimum Gasteiger partial charge on any atom is -0.0619 e. The van der Waals surface area contributed by atoms with Gasteiger partial charge in [0.1, 0.15) is 0 Å². The molecule has 0 unspecified atom stereocenters. The molecule has 0 aromatic heterocycles. The Morgan fingerprint density at radius 2 is 0.609 bits per heavy atom. The fraction of sp³-hybridized carbons (Fsp3) is 0.0938. The summed E-state index contributed by atoms with van der Waals surface area (Å²) in [5.74, 6) is 0. The van der Waals surface area contributed by atoms with E-state index in [1.807, 2.05) is 0 Å². The molecule has 0 atom stereocenters. The van der Waals surface area contributed by atoms with Crippen molar-refractivity contribution in [2.24, 2.45) is 0 Å². The second kappa shape index (κ2) is 12.6. The number of benzene rings is 12. The van der Waals surface area contributed by atoms with Gasteiger partial charge in [0.15, 0.2) is 0 Å². The van der Waals surface area contributed by atoms with Crippen LogP contribution >= 0.6 is 0 Å². The highest BCUT2D eigenvalue weighted by Gasteiger charge is 2.37. The molecule has 12 aromatic carbocycles. The SMILES string of the molecule is CC1(C)c2ccccc2-c2ccc(-c3ccc4ccc5c(-c6ccc7c(c6)C(C)(C)c6ccccc6-7)cc(-c6ccc7c8ccccc8c8ccccc8c7c6)c6ccc3c4c56)cc21. The monoisotopic (exact) mass is 812 g/mol. The molecule has 0 fully saturated rings. The lowest BCUT2D eigenvalue weighted by Gasteiger charge is -2.23. The zero-order chi connectivity index (χ0) is 42.6. The Morgan fingerprint density at radius 3 is 1.19 bits per heavy atom. The van der Waals surface area contributed by atoms with E-state index in [1.54, 1.807) is 0 Å². The highest BCUT2D eigenvalue weighted by molar-refractivity contribution is 6.31. The molecule has 300 valence electrons. The first-order valence-corrected chi connectivity index (χ1v) is 22.8. The van der Waals surface area contributed by atoms with Crippen molar-refractivity contribution < 1.29 is 0 Å². The van der Waals surface area contributed by atoms with Gasteiger partial charge in [-0.2, -0.15) is 0 Å². The fourth-order valence-electron chi connectivity index (χ4n) is 12.4. The zero-order valence-corrected chi connectivity index (χ0v) is 36.5. The summed E-state index contributed by atoms with van der Waals surface area (Å²) in [4.78, 5) is 0. The Hall–Kier alpha value is -7.54. The maximum Gasteiger partial charge on any atom is 0.0159 e. The standard InChI is InChI=1S/C64H44/c1-63(2)57-19-11-9-17-47(57)49-28-24-39(34-59(49)63)41-26-21-37-22-30-52-55(40-25-29-50-48-18-10-12-20-58(48)64(3,4)60(50)35-40)36-54(53-32-31-51(41)61(37)62(52)53)38-23-27-46-44-15-6-5-13-42(44)43-14-7-8-16-45(43)56(46)33-38/h5-36H,1-4H3. The fourth-order valence-corrected chi connectivity index (χ4v) is 12.4. The first-order valence-electron chi connectivity index (χ1n) is 22.8. The highest BCUT2D eigenvalue weighted by Crippen LogP contribution is 2.53. The molecule has 0 saturated heterocycles. The number of hydrogen-bond donors (Lipinski definition) is 0. The predicted molar refractivity (Wildman–Crippen MR) is 274 cm³/mol. The second-order valence-electron chi connectivity index (χ2n) is 19.5. The molecular weight excluding hydrogens is 769 g/mol.